The molecule has 2 aromatic rings. The minimum atomic E-state index is -1.01. The molecule has 2 heterocycles. The molecule has 23 heavy (non-hydrogen) atoms. The highest BCUT2D eigenvalue weighted by molar-refractivity contribution is 5.99. The zero-order valence-electron chi connectivity index (χ0n) is 13.4. The number of fused-ring (bicyclic) bond motifs is 1. The molecule has 0 saturated carbocycles. The Bertz CT molecular complexity index is 794. The smallest absolute Gasteiger partial charge is 0.331 e. The number of benzene rings is 1. The number of aromatic nitrogens is 2. The van der Waals surface area contributed by atoms with Crippen LogP contribution in [-0.4, -0.2) is 38.2 Å². The molecule has 1 aromatic heterocycles. The van der Waals surface area contributed by atoms with Crippen molar-refractivity contribution in [2.45, 2.75) is 26.3 Å². The van der Waals surface area contributed by atoms with Crippen LogP contribution in [0.2, 0.25) is 0 Å². The number of carbonyl (C=O) groups excluding carboxylic acids is 1. The summed E-state index contributed by atoms with van der Waals surface area (Å²) in [6.45, 7) is 3.98. The molecule has 1 atom stereocenters. The molecular weight excluding hydrogens is 294 g/mol. The molecule has 0 bridgehead atoms. The topological polar surface area (TPSA) is 75.4 Å². The van der Waals surface area contributed by atoms with Gasteiger partial charge in [0.2, 0.25) is 0 Å². The van der Waals surface area contributed by atoms with Crippen molar-refractivity contribution in [2.24, 2.45) is 7.05 Å². The summed E-state index contributed by atoms with van der Waals surface area (Å²) in [6.07, 6.45) is 0.657. The van der Waals surface area contributed by atoms with E-state index in [0.29, 0.717) is 29.8 Å². The van der Waals surface area contributed by atoms with Crippen molar-refractivity contribution in [1.29, 1.82) is 0 Å². The first-order valence-electron chi connectivity index (χ1n) is 7.53. The summed E-state index contributed by atoms with van der Waals surface area (Å²) in [7, 11) is 1.78. The van der Waals surface area contributed by atoms with E-state index in [0.717, 1.165) is 11.3 Å². The number of aryl methyl sites for hydroxylation is 2. The SMILES string of the molecule is Cc1nn(C)c(C)c1C(=O)N1CCc2ccccc2[C@@H]1C(=O)O. The van der Waals surface area contributed by atoms with E-state index in [1.807, 2.05) is 25.1 Å². The van der Waals surface area contributed by atoms with E-state index in [1.54, 1.807) is 24.7 Å². The lowest BCUT2D eigenvalue weighted by Crippen LogP contribution is -2.43. The number of aliphatic carboxylic acids is 1. The number of carbonyl (C=O) groups is 2. The maximum Gasteiger partial charge on any atom is 0.331 e. The van der Waals surface area contributed by atoms with Gasteiger partial charge in [-0.1, -0.05) is 24.3 Å². The van der Waals surface area contributed by atoms with Gasteiger partial charge in [-0.25, -0.2) is 4.79 Å². The summed E-state index contributed by atoms with van der Waals surface area (Å²) in [5.41, 5.74) is 3.55. The van der Waals surface area contributed by atoms with E-state index in [2.05, 4.69) is 5.10 Å². The summed E-state index contributed by atoms with van der Waals surface area (Å²) in [5.74, 6) is -1.28. The van der Waals surface area contributed by atoms with Crippen molar-refractivity contribution < 1.29 is 14.7 Å². The van der Waals surface area contributed by atoms with Gasteiger partial charge in [-0.15, -0.1) is 0 Å². The fraction of sp³-hybridized carbons (Fsp3) is 0.353. The molecule has 0 fully saturated rings. The van der Waals surface area contributed by atoms with Gasteiger partial charge in [0.25, 0.3) is 5.91 Å². The van der Waals surface area contributed by atoms with E-state index in [-0.39, 0.29) is 5.91 Å². The van der Waals surface area contributed by atoms with Crippen LogP contribution in [0.3, 0.4) is 0 Å². The van der Waals surface area contributed by atoms with Crippen LogP contribution in [0.15, 0.2) is 24.3 Å². The monoisotopic (exact) mass is 313 g/mol. The molecule has 0 saturated heterocycles. The van der Waals surface area contributed by atoms with E-state index < -0.39 is 12.0 Å². The lowest BCUT2D eigenvalue weighted by Gasteiger charge is -2.34. The summed E-state index contributed by atoms with van der Waals surface area (Å²) >= 11 is 0. The van der Waals surface area contributed by atoms with Crippen molar-refractivity contribution in [3.05, 3.63) is 52.3 Å². The average molecular weight is 313 g/mol. The molecule has 1 aliphatic heterocycles. The van der Waals surface area contributed by atoms with Crippen LogP contribution in [0.5, 0.6) is 0 Å². The molecule has 0 spiro atoms. The number of carboxylic acid groups (broad SMARTS) is 1. The van der Waals surface area contributed by atoms with E-state index in [4.69, 9.17) is 0 Å². The first-order chi connectivity index (χ1) is 10.9. The third-order valence-corrected chi connectivity index (χ3v) is 4.50. The summed E-state index contributed by atoms with van der Waals surface area (Å²) < 4.78 is 1.65. The highest BCUT2D eigenvalue weighted by Gasteiger charge is 2.37. The van der Waals surface area contributed by atoms with Crippen molar-refractivity contribution in [1.82, 2.24) is 14.7 Å². The summed E-state index contributed by atoms with van der Waals surface area (Å²) in [6, 6.07) is 6.46. The van der Waals surface area contributed by atoms with E-state index in [9.17, 15) is 14.7 Å². The van der Waals surface area contributed by atoms with Crippen LogP contribution in [0.4, 0.5) is 0 Å². The maximum atomic E-state index is 13.0. The Morgan fingerprint density at radius 1 is 1.26 bits per heavy atom. The number of carboxylic acids is 1. The standard InChI is InChI=1S/C17H19N3O3/c1-10-14(11(2)19(3)18-10)16(21)20-9-8-12-6-4-5-7-13(12)15(20)17(22)23/h4-7,15H,8-9H2,1-3H3,(H,22,23)/t15-/m1/s1. The highest BCUT2D eigenvalue weighted by atomic mass is 16.4. The second-order valence-corrected chi connectivity index (χ2v) is 5.86. The van der Waals surface area contributed by atoms with Gasteiger partial charge in [0.05, 0.1) is 11.3 Å². The Hall–Kier alpha value is -2.63. The Balaban J connectivity index is 2.06. The molecule has 1 aromatic carbocycles. The van der Waals surface area contributed by atoms with Gasteiger partial charge in [0.1, 0.15) is 0 Å². The van der Waals surface area contributed by atoms with Gasteiger partial charge in [0, 0.05) is 19.3 Å². The second-order valence-electron chi connectivity index (χ2n) is 5.86. The average Bonchev–Trinajstić information content (AvgIpc) is 2.78. The Morgan fingerprint density at radius 3 is 2.57 bits per heavy atom. The lowest BCUT2D eigenvalue weighted by molar-refractivity contribution is -0.143. The molecule has 1 aliphatic rings. The zero-order chi connectivity index (χ0) is 16.7. The normalized spacial score (nSPS) is 17.0. The minimum Gasteiger partial charge on any atom is -0.479 e. The minimum absolute atomic E-state index is 0.269. The first-order valence-corrected chi connectivity index (χ1v) is 7.53. The Kier molecular flexibility index (Phi) is 3.67. The van der Waals surface area contributed by atoms with Crippen molar-refractivity contribution in [3.63, 3.8) is 0 Å². The number of amides is 1. The Morgan fingerprint density at radius 2 is 1.96 bits per heavy atom. The van der Waals surface area contributed by atoms with Crippen LogP contribution >= 0.6 is 0 Å². The predicted octanol–water partition coefficient (Wildman–Crippen LogP) is 1.86. The van der Waals surface area contributed by atoms with Gasteiger partial charge in [0.15, 0.2) is 6.04 Å². The number of nitrogens with zero attached hydrogens (tertiary/aromatic N) is 3. The summed E-state index contributed by atoms with van der Waals surface area (Å²) in [5, 5.41) is 13.9. The number of hydrogen-bond donors (Lipinski definition) is 1. The van der Waals surface area contributed by atoms with Gasteiger partial charge in [-0.2, -0.15) is 5.10 Å². The predicted molar refractivity (Wildman–Crippen MR) is 84.2 cm³/mol. The first kappa shape index (κ1) is 15.3. The van der Waals surface area contributed by atoms with Crippen LogP contribution in [0.1, 0.15) is 38.9 Å². The molecule has 120 valence electrons. The van der Waals surface area contributed by atoms with Crippen LogP contribution in [0, 0.1) is 13.8 Å². The number of hydrogen-bond acceptors (Lipinski definition) is 3. The maximum absolute atomic E-state index is 13.0. The summed E-state index contributed by atoms with van der Waals surface area (Å²) in [4.78, 5) is 26.3. The van der Waals surface area contributed by atoms with Gasteiger partial charge >= 0.3 is 5.97 Å². The lowest BCUT2D eigenvalue weighted by atomic mass is 9.92. The van der Waals surface area contributed by atoms with Gasteiger partial charge in [-0.05, 0) is 31.4 Å². The highest BCUT2D eigenvalue weighted by Crippen LogP contribution is 2.32. The molecule has 0 aliphatic carbocycles. The largest absolute Gasteiger partial charge is 0.479 e. The number of rotatable bonds is 2. The van der Waals surface area contributed by atoms with Crippen LogP contribution in [-0.2, 0) is 18.3 Å². The van der Waals surface area contributed by atoms with Gasteiger partial charge < -0.3 is 10.0 Å². The molecule has 3 rings (SSSR count). The quantitative estimate of drug-likeness (QED) is 0.918. The van der Waals surface area contributed by atoms with Crippen LogP contribution < -0.4 is 0 Å². The third-order valence-electron chi connectivity index (χ3n) is 4.50. The third kappa shape index (κ3) is 2.40. The fourth-order valence-corrected chi connectivity index (χ4v) is 3.28. The zero-order valence-corrected chi connectivity index (χ0v) is 13.4. The molecule has 1 amide bonds. The van der Waals surface area contributed by atoms with Crippen molar-refractivity contribution in [3.8, 4) is 0 Å². The van der Waals surface area contributed by atoms with Crippen molar-refractivity contribution >= 4 is 11.9 Å². The molecule has 0 unspecified atom stereocenters. The molecule has 1 N–H and O–H groups in total. The van der Waals surface area contributed by atoms with Gasteiger partial charge in [-0.3, -0.25) is 9.48 Å². The molecule has 6 nitrogen and oxygen atoms in total. The van der Waals surface area contributed by atoms with E-state index >= 15 is 0 Å². The fourth-order valence-electron chi connectivity index (χ4n) is 3.28. The second kappa shape index (κ2) is 5.53. The van der Waals surface area contributed by atoms with Crippen molar-refractivity contribution in [2.75, 3.05) is 6.54 Å². The molecule has 6 heteroatoms. The van der Waals surface area contributed by atoms with E-state index in [1.165, 1.54) is 4.90 Å². The Labute approximate surface area is 134 Å². The molecule has 0 radical (unpaired) electrons. The molecular formula is C17H19N3O3. The van der Waals surface area contributed by atoms with Crippen LogP contribution in [0.25, 0.3) is 0 Å².